The van der Waals surface area contributed by atoms with Gasteiger partial charge >= 0.3 is 5.97 Å². The second-order valence-corrected chi connectivity index (χ2v) is 9.38. The first-order chi connectivity index (χ1) is 18.6. The third-order valence-corrected chi connectivity index (χ3v) is 7.20. The molecule has 0 atom stereocenters. The molecule has 2 aliphatic carbocycles. The zero-order valence-electron chi connectivity index (χ0n) is 21.5. The normalized spacial score (nSPS) is 13.3. The molecule has 38 heavy (non-hydrogen) atoms. The minimum Gasteiger partial charge on any atom is -0.491 e. The molecule has 0 heterocycles. The number of fused-ring (bicyclic) bond motifs is 4. The third kappa shape index (κ3) is 3.97. The summed E-state index contributed by atoms with van der Waals surface area (Å²) >= 11 is 0. The van der Waals surface area contributed by atoms with E-state index in [9.17, 15) is 4.79 Å². The van der Waals surface area contributed by atoms with Gasteiger partial charge in [-0.1, -0.05) is 72.5 Å². The molecule has 6 rings (SSSR count). The van der Waals surface area contributed by atoms with Crippen LogP contribution >= 0.6 is 0 Å². The van der Waals surface area contributed by atoms with Gasteiger partial charge in [0.15, 0.2) is 0 Å². The van der Waals surface area contributed by atoms with Crippen LogP contribution in [0.1, 0.15) is 29.2 Å². The maximum atomic E-state index is 11.1. The zero-order chi connectivity index (χ0) is 26.1. The van der Waals surface area contributed by atoms with Crippen molar-refractivity contribution in [2.75, 3.05) is 33.5 Å². The highest BCUT2D eigenvalue weighted by atomic mass is 16.6. The van der Waals surface area contributed by atoms with Crippen molar-refractivity contribution in [3.8, 4) is 22.6 Å². The summed E-state index contributed by atoms with van der Waals surface area (Å²) in [5.74, 6) is 1.26. The standard InChI is InChI=1S/C33H28O5/c1-22(34)36-19-20-38-32-16-15-31(27-21-28(27)32)33(23-11-13-24(14-12-23)37-18-17-35-2)29-9-5-3-7-25(29)26-8-4-6-10-30(26)33/h3-16H,17-20H2,1-2H3. The van der Waals surface area contributed by atoms with E-state index in [0.717, 1.165) is 27.5 Å². The number of carbonyl (C=O) groups is 1. The highest BCUT2D eigenvalue weighted by molar-refractivity contribution is 5.86. The van der Waals surface area contributed by atoms with Crippen molar-refractivity contribution in [2.24, 2.45) is 0 Å². The molecule has 0 aliphatic heterocycles. The Morgan fingerprint density at radius 2 is 1.37 bits per heavy atom. The van der Waals surface area contributed by atoms with Crippen molar-refractivity contribution in [3.63, 3.8) is 0 Å². The molecule has 0 spiro atoms. The zero-order valence-corrected chi connectivity index (χ0v) is 21.5. The highest BCUT2D eigenvalue weighted by Gasteiger charge is 2.47. The molecule has 5 nitrogen and oxygen atoms in total. The van der Waals surface area contributed by atoms with Crippen molar-refractivity contribution < 1.29 is 23.7 Å². The number of carbonyl (C=O) groups excluding carboxylic acids is 1. The molecule has 0 saturated carbocycles. The van der Waals surface area contributed by atoms with Gasteiger partial charge in [-0.05, 0) is 51.6 Å². The first-order valence-electron chi connectivity index (χ1n) is 12.8. The van der Waals surface area contributed by atoms with Crippen molar-refractivity contribution in [1.82, 2.24) is 0 Å². The highest BCUT2D eigenvalue weighted by Crippen LogP contribution is 2.55. The predicted molar refractivity (Wildman–Crippen MR) is 145 cm³/mol. The quantitative estimate of drug-likeness (QED) is 0.208. The molecule has 0 saturated heterocycles. The number of rotatable bonds is 10. The van der Waals surface area contributed by atoms with Gasteiger partial charge < -0.3 is 18.9 Å². The molecule has 0 bridgehead atoms. The number of ether oxygens (including phenoxy) is 4. The van der Waals surface area contributed by atoms with Crippen LogP contribution in [0.2, 0.25) is 0 Å². The second kappa shape index (κ2) is 9.86. The molecule has 0 aromatic heterocycles. The number of hydrogen-bond acceptors (Lipinski definition) is 5. The van der Waals surface area contributed by atoms with E-state index >= 15 is 0 Å². The fourth-order valence-electron chi connectivity index (χ4n) is 5.61. The average molecular weight is 505 g/mol. The Balaban J connectivity index is 1.47. The molecule has 190 valence electrons. The lowest BCUT2D eigenvalue weighted by atomic mass is 9.67. The van der Waals surface area contributed by atoms with E-state index in [2.05, 4.69) is 72.5 Å². The van der Waals surface area contributed by atoms with Gasteiger partial charge in [0.05, 0.1) is 17.2 Å². The van der Waals surface area contributed by atoms with Gasteiger partial charge in [-0.25, -0.2) is 0 Å². The van der Waals surface area contributed by atoms with E-state index in [1.807, 2.05) is 18.2 Å². The van der Waals surface area contributed by atoms with Crippen LogP contribution in [0.3, 0.4) is 0 Å². The summed E-state index contributed by atoms with van der Waals surface area (Å²) in [7, 11) is 1.67. The van der Waals surface area contributed by atoms with Crippen LogP contribution in [0.15, 0.2) is 84.9 Å². The Kier molecular flexibility index (Phi) is 6.24. The van der Waals surface area contributed by atoms with E-state index in [1.54, 1.807) is 7.11 Å². The maximum Gasteiger partial charge on any atom is 0.302 e. The lowest BCUT2D eigenvalue weighted by Gasteiger charge is -2.33. The molecule has 0 fully saturated rings. The Bertz CT molecular complexity index is 1600. The second-order valence-electron chi connectivity index (χ2n) is 9.38. The first-order valence-corrected chi connectivity index (χ1v) is 12.8. The molecule has 0 amide bonds. The predicted octanol–water partition coefficient (Wildman–Crippen LogP) is 4.08. The van der Waals surface area contributed by atoms with E-state index < -0.39 is 5.41 Å². The molecular weight excluding hydrogens is 476 g/mol. The largest absolute Gasteiger partial charge is 0.491 e. The smallest absolute Gasteiger partial charge is 0.302 e. The minimum atomic E-state index is -0.512. The molecule has 4 aromatic rings. The average Bonchev–Trinajstić information content (AvgIpc) is 3.69. The molecule has 0 radical (unpaired) electrons. The van der Waals surface area contributed by atoms with Crippen LogP contribution in [0, 0.1) is 0 Å². The van der Waals surface area contributed by atoms with Gasteiger partial charge in [0.1, 0.15) is 31.3 Å². The molecule has 5 heteroatoms. The number of esters is 1. The topological polar surface area (TPSA) is 54.0 Å². The van der Waals surface area contributed by atoms with Gasteiger partial charge in [-0.2, -0.15) is 0 Å². The van der Waals surface area contributed by atoms with E-state index in [1.165, 1.54) is 34.7 Å². The molecule has 0 unspecified atom stereocenters. The Morgan fingerprint density at radius 1 is 0.711 bits per heavy atom. The Labute approximate surface area is 221 Å². The summed E-state index contributed by atoms with van der Waals surface area (Å²) in [5.41, 5.74) is 10.3. The van der Waals surface area contributed by atoms with Gasteiger partial charge in [0, 0.05) is 19.3 Å². The number of hydrogen-bond donors (Lipinski definition) is 0. The maximum absolute atomic E-state index is 11.1. The molecule has 2 aliphatic rings. The van der Waals surface area contributed by atoms with Crippen LogP contribution < -0.4 is 19.9 Å². The fraction of sp³-hybridized carbons (Fsp3) is 0.212. The van der Waals surface area contributed by atoms with Gasteiger partial charge in [0.2, 0.25) is 0 Å². The van der Waals surface area contributed by atoms with Crippen LogP contribution in [0.4, 0.5) is 0 Å². The van der Waals surface area contributed by atoms with Crippen molar-refractivity contribution in [3.05, 3.63) is 118 Å². The Hall–Kier alpha value is -4.31. The molecule has 0 N–H and O–H groups in total. The van der Waals surface area contributed by atoms with Crippen molar-refractivity contribution >= 4 is 11.7 Å². The van der Waals surface area contributed by atoms with Gasteiger partial charge in [0.25, 0.3) is 0 Å². The van der Waals surface area contributed by atoms with Crippen LogP contribution in [0.25, 0.3) is 16.9 Å². The van der Waals surface area contributed by atoms with E-state index in [0.29, 0.717) is 19.8 Å². The summed E-state index contributed by atoms with van der Waals surface area (Å²) in [6.07, 6.45) is 0. The molecular formula is C33H28O5. The summed E-state index contributed by atoms with van der Waals surface area (Å²) in [5, 5.41) is 2.05. The summed E-state index contributed by atoms with van der Waals surface area (Å²) in [6, 6.07) is 29.9. The lowest BCUT2D eigenvalue weighted by molar-refractivity contribution is -0.141. The monoisotopic (exact) mass is 504 g/mol. The summed E-state index contributed by atoms with van der Waals surface area (Å²) < 4.78 is 21.9. The summed E-state index contributed by atoms with van der Waals surface area (Å²) in [6.45, 7) is 2.96. The van der Waals surface area contributed by atoms with Crippen molar-refractivity contribution in [2.45, 2.75) is 12.3 Å². The third-order valence-electron chi connectivity index (χ3n) is 7.20. The number of benzene rings is 4. The fourth-order valence-corrected chi connectivity index (χ4v) is 5.61. The minimum absolute atomic E-state index is 0.218. The van der Waals surface area contributed by atoms with E-state index in [4.69, 9.17) is 18.9 Å². The number of methoxy groups -OCH3 is 1. The summed E-state index contributed by atoms with van der Waals surface area (Å²) in [4.78, 5) is 11.1. The first kappa shape index (κ1) is 24.1. The van der Waals surface area contributed by atoms with E-state index in [-0.39, 0.29) is 12.6 Å². The Morgan fingerprint density at radius 3 is 2.03 bits per heavy atom. The van der Waals surface area contributed by atoms with Crippen molar-refractivity contribution in [1.29, 1.82) is 0 Å². The van der Waals surface area contributed by atoms with Crippen LogP contribution in [-0.4, -0.2) is 39.5 Å². The lowest BCUT2D eigenvalue weighted by Crippen LogP contribution is -2.35. The van der Waals surface area contributed by atoms with Crippen LogP contribution in [-0.2, 0) is 19.7 Å². The van der Waals surface area contributed by atoms with Gasteiger partial charge in [-0.15, -0.1) is 0 Å². The SMILES string of the molecule is COCCOc1ccc(C2(c3ccc(OCCOC(C)=O)c4c3=C=4)c3ccccc3-c3ccccc32)cc1. The molecule has 4 aromatic carbocycles. The van der Waals surface area contributed by atoms with Crippen LogP contribution in [0.5, 0.6) is 11.5 Å². The van der Waals surface area contributed by atoms with Gasteiger partial charge in [-0.3, -0.25) is 4.79 Å².